The summed E-state index contributed by atoms with van der Waals surface area (Å²) in [4.78, 5) is 8.03. The van der Waals surface area contributed by atoms with Crippen LogP contribution in [0.15, 0.2) is 30.6 Å². The Balaban J connectivity index is 2.23. The number of hydrogen-bond donors (Lipinski definition) is 2. The summed E-state index contributed by atoms with van der Waals surface area (Å²) in [6.45, 7) is 4.08. The summed E-state index contributed by atoms with van der Waals surface area (Å²) in [7, 11) is 0. The number of nitrogens with one attached hydrogen (secondary N) is 2. The second-order valence-corrected chi connectivity index (χ2v) is 4.03. The van der Waals surface area contributed by atoms with E-state index in [0.717, 1.165) is 5.69 Å². The fraction of sp³-hybridized carbons (Fsp3) is 0.154. The maximum atomic E-state index is 8.53. The van der Waals surface area contributed by atoms with Crippen LogP contribution in [0.5, 0.6) is 0 Å². The fourth-order valence-electron chi connectivity index (χ4n) is 1.75. The van der Waals surface area contributed by atoms with Crippen LogP contribution >= 0.6 is 0 Å². The molecule has 5 nitrogen and oxygen atoms in total. The molecule has 0 aliphatic heterocycles. The van der Waals surface area contributed by atoms with E-state index in [2.05, 4.69) is 26.7 Å². The van der Waals surface area contributed by atoms with Crippen LogP contribution in [0.3, 0.4) is 0 Å². The van der Waals surface area contributed by atoms with Crippen molar-refractivity contribution in [1.29, 1.82) is 5.26 Å². The topological polar surface area (TPSA) is 73.6 Å². The third-order valence-electron chi connectivity index (χ3n) is 2.35. The molecule has 0 saturated heterocycles. The van der Waals surface area contributed by atoms with E-state index < -0.39 is 0 Å². The van der Waals surface area contributed by atoms with Crippen molar-refractivity contribution < 1.29 is 0 Å². The van der Waals surface area contributed by atoms with Gasteiger partial charge in [-0.2, -0.15) is 5.26 Å². The summed E-state index contributed by atoms with van der Waals surface area (Å²) < 4.78 is 0. The first kappa shape index (κ1) is 11.9. The molecule has 5 heteroatoms. The quantitative estimate of drug-likeness (QED) is 0.636. The molecule has 2 N–H and O–H groups in total. The Morgan fingerprint density at radius 1 is 1.00 bits per heavy atom. The molecule has 0 bridgehead atoms. The van der Waals surface area contributed by atoms with E-state index in [0.29, 0.717) is 11.6 Å². The molecule has 0 radical (unpaired) electrons. The minimum absolute atomic E-state index is 0.472. The van der Waals surface area contributed by atoms with Crippen molar-refractivity contribution >= 4 is 17.3 Å². The van der Waals surface area contributed by atoms with Crippen LogP contribution in [-0.4, -0.2) is 9.97 Å². The van der Waals surface area contributed by atoms with Gasteiger partial charge < -0.3 is 5.32 Å². The highest BCUT2D eigenvalue weighted by Gasteiger charge is 2.00. The summed E-state index contributed by atoms with van der Waals surface area (Å²) in [5, 5.41) is 14.2. The molecular formula is C13H13N5. The second kappa shape index (κ2) is 5.15. The van der Waals surface area contributed by atoms with E-state index in [4.69, 9.17) is 5.26 Å². The number of aromatic nitrogens is 2. The van der Waals surface area contributed by atoms with Crippen molar-refractivity contribution in [3.8, 4) is 6.19 Å². The highest BCUT2D eigenvalue weighted by atomic mass is 15.1. The fourth-order valence-corrected chi connectivity index (χ4v) is 1.75. The molecule has 0 aliphatic carbocycles. The summed E-state index contributed by atoms with van der Waals surface area (Å²) in [5.41, 5.74) is 3.33. The molecule has 2 aromatic rings. The highest BCUT2D eigenvalue weighted by molar-refractivity contribution is 5.60. The first-order valence-electron chi connectivity index (χ1n) is 5.50. The maximum Gasteiger partial charge on any atom is 0.182 e. The van der Waals surface area contributed by atoms with Crippen molar-refractivity contribution in [2.24, 2.45) is 0 Å². The number of benzene rings is 1. The molecule has 90 valence electrons. The van der Waals surface area contributed by atoms with E-state index in [1.54, 1.807) is 6.07 Å². The number of hydrogen-bond acceptors (Lipinski definition) is 5. The average molecular weight is 239 g/mol. The lowest BCUT2D eigenvalue weighted by molar-refractivity contribution is 1.16. The van der Waals surface area contributed by atoms with Gasteiger partial charge in [0.05, 0.1) is 0 Å². The lowest BCUT2D eigenvalue weighted by Gasteiger charge is -2.08. The van der Waals surface area contributed by atoms with Gasteiger partial charge in [0, 0.05) is 11.8 Å². The third-order valence-corrected chi connectivity index (χ3v) is 2.35. The van der Waals surface area contributed by atoms with Gasteiger partial charge >= 0.3 is 0 Å². The van der Waals surface area contributed by atoms with Gasteiger partial charge in [-0.05, 0) is 37.1 Å². The van der Waals surface area contributed by atoms with E-state index >= 15 is 0 Å². The molecule has 2 rings (SSSR count). The minimum Gasteiger partial charge on any atom is -0.340 e. The average Bonchev–Trinajstić information content (AvgIpc) is 2.28. The largest absolute Gasteiger partial charge is 0.340 e. The van der Waals surface area contributed by atoms with Gasteiger partial charge in [0.1, 0.15) is 18.0 Å². The second-order valence-electron chi connectivity index (χ2n) is 4.03. The third kappa shape index (κ3) is 2.95. The van der Waals surface area contributed by atoms with Crippen LogP contribution in [0, 0.1) is 25.3 Å². The number of rotatable bonds is 3. The first-order valence-corrected chi connectivity index (χ1v) is 5.50. The van der Waals surface area contributed by atoms with Crippen LogP contribution in [0.2, 0.25) is 0 Å². The summed E-state index contributed by atoms with van der Waals surface area (Å²) in [5.74, 6) is 1.12. The molecule has 0 fully saturated rings. The van der Waals surface area contributed by atoms with Crippen LogP contribution in [0.1, 0.15) is 11.1 Å². The van der Waals surface area contributed by atoms with Crippen molar-refractivity contribution in [1.82, 2.24) is 9.97 Å². The number of anilines is 3. The predicted octanol–water partition coefficient (Wildman–Crippen LogP) is 2.73. The van der Waals surface area contributed by atoms with Crippen molar-refractivity contribution in [3.63, 3.8) is 0 Å². The molecule has 1 aromatic carbocycles. The van der Waals surface area contributed by atoms with Crippen molar-refractivity contribution in [2.45, 2.75) is 13.8 Å². The molecule has 1 heterocycles. The van der Waals surface area contributed by atoms with Gasteiger partial charge in [-0.1, -0.05) is 6.07 Å². The van der Waals surface area contributed by atoms with Gasteiger partial charge in [0.25, 0.3) is 0 Å². The Bertz CT molecular complexity index is 580. The molecule has 0 amide bonds. The zero-order valence-corrected chi connectivity index (χ0v) is 10.2. The molecule has 0 saturated carbocycles. The Morgan fingerprint density at radius 2 is 1.67 bits per heavy atom. The van der Waals surface area contributed by atoms with E-state index in [-0.39, 0.29) is 0 Å². The zero-order valence-electron chi connectivity index (χ0n) is 10.2. The number of aryl methyl sites for hydroxylation is 2. The van der Waals surface area contributed by atoms with E-state index in [1.165, 1.54) is 17.5 Å². The summed E-state index contributed by atoms with van der Waals surface area (Å²) in [6.07, 6.45) is 3.23. The predicted molar refractivity (Wildman–Crippen MR) is 70.5 cm³/mol. The smallest absolute Gasteiger partial charge is 0.182 e. The maximum absolute atomic E-state index is 8.53. The molecular weight excluding hydrogens is 226 g/mol. The van der Waals surface area contributed by atoms with Gasteiger partial charge in [-0.3, -0.25) is 5.32 Å². The zero-order chi connectivity index (χ0) is 13.0. The van der Waals surface area contributed by atoms with Crippen LogP contribution in [-0.2, 0) is 0 Å². The highest BCUT2D eigenvalue weighted by Crippen LogP contribution is 2.19. The molecule has 18 heavy (non-hydrogen) atoms. The molecule has 0 atom stereocenters. The number of nitrogens with zero attached hydrogens (tertiary/aromatic N) is 3. The lowest BCUT2D eigenvalue weighted by atomic mass is 10.1. The van der Waals surface area contributed by atoms with Gasteiger partial charge in [-0.15, -0.1) is 0 Å². The molecule has 1 aromatic heterocycles. The van der Waals surface area contributed by atoms with Crippen LogP contribution in [0.4, 0.5) is 17.3 Å². The summed E-state index contributed by atoms with van der Waals surface area (Å²) >= 11 is 0. The molecule has 0 unspecified atom stereocenters. The lowest BCUT2D eigenvalue weighted by Crippen LogP contribution is -1.98. The SMILES string of the molecule is Cc1cc(C)cc(Nc2cc(NC#N)ncn2)c1. The standard InChI is InChI=1S/C13H13N5/c1-9-3-10(2)5-11(4-9)18-13-6-12(15-7-14)16-8-17-13/h3-6,8H,1-2H3,(H2,15,16,17,18). The van der Waals surface area contributed by atoms with Crippen LogP contribution < -0.4 is 10.6 Å². The van der Waals surface area contributed by atoms with Gasteiger partial charge in [-0.25, -0.2) is 9.97 Å². The Kier molecular flexibility index (Phi) is 3.39. The monoisotopic (exact) mass is 239 g/mol. The Hall–Kier alpha value is -2.61. The van der Waals surface area contributed by atoms with Crippen molar-refractivity contribution in [2.75, 3.05) is 10.6 Å². The molecule has 0 spiro atoms. The van der Waals surface area contributed by atoms with Gasteiger partial charge in [0.15, 0.2) is 6.19 Å². The van der Waals surface area contributed by atoms with E-state index in [9.17, 15) is 0 Å². The number of nitriles is 1. The van der Waals surface area contributed by atoms with Crippen LogP contribution in [0.25, 0.3) is 0 Å². The van der Waals surface area contributed by atoms with Gasteiger partial charge in [0.2, 0.25) is 0 Å². The Morgan fingerprint density at radius 3 is 2.33 bits per heavy atom. The molecule has 0 aliphatic rings. The first-order chi connectivity index (χ1) is 8.67. The minimum atomic E-state index is 0.472. The van der Waals surface area contributed by atoms with Crippen molar-refractivity contribution in [3.05, 3.63) is 41.7 Å². The normalized spacial score (nSPS) is 9.61. The Labute approximate surface area is 106 Å². The summed E-state index contributed by atoms with van der Waals surface area (Å²) in [6, 6.07) is 7.85. The van der Waals surface area contributed by atoms with E-state index in [1.807, 2.05) is 32.2 Å².